The zero-order chi connectivity index (χ0) is 39.8. The predicted molar refractivity (Wildman–Crippen MR) is 189 cm³/mol. The molecule has 15 nitrogen and oxygen atoms in total. The van der Waals surface area contributed by atoms with Crippen LogP contribution in [0.5, 0.6) is 5.75 Å². The summed E-state index contributed by atoms with van der Waals surface area (Å²) in [5.41, 5.74) is -2.74. The second-order valence-corrected chi connectivity index (χ2v) is 16.2. The van der Waals surface area contributed by atoms with Crippen molar-refractivity contribution >= 4 is 51.6 Å². The van der Waals surface area contributed by atoms with E-state index in [1.54, 1.807) is 48.5 Å². The number of ether oxygens (including phenoxy) is 4. The van der Waals surface area contributed by atoms with Crippen LogP contribution in [0.15, 0.2) is 47.5 Å². The molecule has 2 aromatic rings. The normalized spacial score (nSPS) is 13.0. The number of alkyl carbamates (subject to hydrolysis) is 1. The first kappa shape index (κ1) is 43.3. The second kappa shape index (κ2) is 17.1. The Morgan fingerprint density at radius 1 is 0.827 bits per heavy atom. The van der Waals surface area contributed by atoms with Crippen molar-refractivity contribution in [3.05, 3.63) is 59.4 Å². The number of esters is 2. The summed E-state index contributed by atoms with van der Waals surface area (Å²) in [6.07, 6.45) is -2.67. The van der Waals surface area contributed by atoms with Crippen LogP contribution in [0.1, 0.15) is 98.5 Å². The van der Waals surface area contributed by atoms with Gasteiger partial charge < -0.3 is 18.9 Å². The number of amides is 2. The molecule has 0 aromatic heterocycles. The van der Waals surface area contributed by atoms with Gasteiger partial charge in [0, 0.05) is 18.1 Å². The summed E-state index contributed by atoms with van der Waals surface area (Å²) in [5.74, 6) is -3.51. The summed E-state index contributed by atoms with van der Waals surface area (Å²) in [6, 6.07) is 7.19. The molecular formula is C35H47FN4O11S. The van der Waals surface area contributed by atoms with Gasteiger partial charge in [0.25, 0.3) is 0 Å². The maximum atomic E-state index is 15.4. The summed E-state index contributed by atoms with van der Waals surface area (Å²) in [4.78, 5) is 66.8. The van der Waals surface area contributed by atoms with Gasteiger partial charge in [-0.15, -0.1) is 0 Å². The fourth-order valence-corrected chi connectivity index (χ4v) is 5.23. The molecule has 2 rings (SSSR count). The Labute approximate surface area is 303 Å². The molecule has 1 atom stereocenters. The van der Waals surface area contributed by atoms with E-state index in [1.807, 2.05) is 4.72 Å². The number of benzene rings is 2. The number of carbonyl (C=O) groups excluding carboxylic acids is 5. The number of nitrogens with one attached hydrogen (secondary N) is 2. The SMILES string of the molecule is CC(=O)C[C@H](NS(=O)(=O)N(Cc1ccc(OC(=O)c2ccc(N=C(C)NC(=O)OC(C)(C)C)cc2)cc1F)C(=O)OC(C)(C)C)C(=O)OC(C)(C)C. The molecule has 286 valence electrons. The number of hydrogen-bond acceptors (Lipinski definition) is 12. The molecule has 2 amide bonds. The summed E-state index contributed by atoms with van der Waals surface area (Å²) >= 11 is 0. The third-order valence-corrected chi connectivity index (χ3v) is 7.43. The largest absolute Gasteiger partial charge is 0.459 e. The van der Waals surface area contributed by atoms with Crippen molar-refractivity contribution in [2.75, 3.05) is 0 Å². The minimum Gasteiger partial charge on any atom is -0.459 e. The van der Waals surface area contributed by atoms with E-state index in [4.69, 9.17) is 18.9 Å². The van der Waals surface area contributed by atoms with Crippen molar-refractivity contribution in [2.24, 2.45) is 4.99 Å². The lowest BCUT2D eigenvalue weighted by molar-refractivity contribution is -0.157. The molecule has 0 aliphatic carbocycles. The monoisotopic (exact) mass is 750 g/mol. The molecular weight excluding hydrogens is 703 g/mol. The molecule has 0 aliphatic rings. The van der Waals surface area contributed by atoms with Gasteiger partial charge in [-0.2, -0.15) is 17.4 Å². The molecule has 0 saturated heterocycles. The van der Waals surface area contributed by atoms with Gasteiger partial charge in [-0.05, 0) is 106 Å². The average molecular weight is 751 g/mol. The highest BCUT2D eigenvalue weighted by molar-refractivity contribution is 7.87. The van der Waals surface area contributed by atoms with Crippen LogP contribution in [0, 0.1) is 5.82 Å². The summed E-state index contributed by atoms with van der Waals surface area (Å²) in [6.45, 7) is 16.0. The van der Waals surface area contributed by atoms with E-state index in [-0.39, 0.29) is 27.0 Å². The van der Waals surface area contributed by atoms with Crippen LogP contribution in [0.3, 0.4) is 0 Å². The van der Waals surface area contributed by atoms with Crippen LogP contribution in [0.2, 0.25) is 0 Å². The molecule has 2 N–H and O–H groups in total. The number of hydrogen-bond donors (Lipinski definition) is 2. The van der Waals surface area contributed by atoms with E-state index in [0.717, 1.165) is 19.1 Å². The van der Waals surface area contributed by atoms with Crippen LogP contribution >= 0.6 is 0 Å². The fourth-order valence-electron chi connectivity index (χ4n) is 4.02. The Morgan fingerprint density at radius 3 is 1.88 bits per heavy atom. The average Bonchev–Trinajstić information content (AvgIpc) is 2.93. The lowest BCUT2D eigenvalue weighted by Gasteiger charge is -2.29. The third kappa shape index (κ3) is 15.1. The number of halogens is 1. The van der Waals surface area contributed by atoms with E-state index in [9.17, 15) is 32.4 Å². The molecule has 0 unspecified atom stereocenters. The first-order chi connectivity index (χ1) is 23.6. The van der Waals surface area contributed by atoms with Gasteiger partial charge in [0.2, 0.25) is 0 Å². The summed E-state index contributed by atoms with van der Waals surface area (Å²) < 4.78 is 65.7. The third-order valence-electron chi connectivity index (χ3n) is 5.99. The zero-order valence-electron chi connectivity index (χ0n) is 31.2. The number of Topliss-reactive ketones (excluding diaryl/α,β-unsaturated/α-hetero) is 1. The van der Waals surface area contributed by atoms with Crippen molar-refractivity contribution in [2.45, 2.75) is 112 Å². The molecule has 0 radical (unpaired) electrons. The fraction of sp³-hybridized carbons (Fsp3) is 0.486. The minimum atomic E-state index is -4.98. The molecule has 17 heteroatoms. The van der Waals surface area contributed by atoms with Crippen molar-refractivity contribution in [3.8, 4) is 5.75 Å². The van der Waals surface area contributed by atoms with Gasteiger partial charge in [-0.25, -0.2) is 23.8 Å². The summed E-state index contributed by atoms with van der Waals surface area (Å²) in [5, 5.41) is 2.49. The van der Waals surface area contributed by atoms with Gasteiger partial charge >= 0.3 is 34.3 Å². The van der Waals surface area contributed by atoms with Crippen molar-refractivity contribution in [1.29, 1.82) is 0 Å². The maximum absolute atomic E-state index is 15.4. The van der Waals surface area contributed by atoms with Gasteiger partial charge in [0.05, 0.1) is 17.8 Å². The first-order valence-electron chi connectivity index (χ1n) is 16.1. The van der Waals surface area contributed by atoms with Crippen molar-refractivity contribution in [1.82, 2.24) is 14.3 Å². The van der Waals surface area contributed by atoms with Crippen molar-refractivity contribution < 1.29 is 55.7 Å². The molecule has 0 bridgehead atoms. The quantitative estimate of drug-likeness (QED) is 0.0915. The van der Waals surface area contributed by atoms with E-state index < -0.39 is 81.7 Å². The highest BCUT2D eigenvalue weighted by Gasteiger charge is 2.37. The number of rotatable bonds is 11. The van der Waals surface area contributed by atoms with E-state index in [0.29, 0.717) is 5.69 Å². The predicted octanol–water partition coefficient (Wildman–Crippen LogP) is 5.88. The van der Waals surface area contributed by atoms with Gasteiger partial charge in [0.15, 0.2) is 0 Å². The Kier molecular flexibility index (Phi) is 14.2. The lowest BCUT2D eigenvalue weighted by atomic mass is 10.1. The Morgan fingerprint density at radius 2 is 1.38 bits per heavy atom. The topological polar surface area (TPSA) is 196 Å². The lowest BCUT2D eigenvalue weighted by Crippen LogP contribution is -2.52. The van der Waals surface area contributed by atoms with Gasteiger partial charge in [-0.1, -0.05) is 6.07 Å². The van der Waals surface area contributed by atoms with E-state index in [1.165, 1.54) is 51.1 Å². The highest BCUT2D eigenvalue weighted by Crippen LogP contribution is 2.23. The van der Waals surface area contributed by atoms with Crippen LogP contribution in [0.4, 0.5) is 19.7 Å². The first-order valence-corrected chi connectivity index (χ1v) is 17.5. The standard InChI is InChI=1S/C35H47FN4O11S/c1-21(41)18-28(30(43)49-33(3,4)5)39-52(46,47)40(32(45)51-35(9,10)11)20-24-14-17-26(19-27(24)36)48-29(42)23-12-15-25(16-13-23)37-22(2)38-31(44)50-34(6,7)8/h12-17,19,28,39H,18,20H2,1-11H3,(H,37,38,44)/t28-/m0/s1. The van der Waals surface area contributed by atoms with E-state index >= 15 is 4.39 Å². The van der Waals surface area contributed by atoms with Crippen LogP contribution < -0.4 is 14.8 Å². The van der Waals surface area contributed by atoms with Crippen molar-refractivity contribution in [3.63, 3.8) is 0 Å². The molecule has 0 aliphatic heterocycles. The second-order valence-electron chi connectivity index (χ2n) is 14.6. The molecule has 2 aromatic carbocycles. The highest BCUT2D eigenvalue weighted by atomic mass is 32.2. The van der Waals surface area contributed by atoms with Gasteiger partial charge in [0.1, 0.15) is 46.0 Å². The molecule has 52 heavy (non-hydrogen) atoms. The number of ketones is 1. The molecule has 0 spiro atoms. The van der Waals surface area contributed by atoms with Crippen LogP contribution in [-0.4, -0.2) is 71.3 Å². The number of carbonyl (C=O) groups is 5. The number of aliphatic imine (C=N–C) groups is 1. The molecule has 0 heterocycles. The zero-order valence-corrected chi connectivity index (χ0v) is 32.0. The Bertz CT molecular complexity index is 1790. The molecule has 0 saturated carbocycles. The Hall–Kier alpha value is -4.90. The molecule has 0 fully saturated rings. The Balaban J connectivity index is 2.28. The smallest absolute Gasteiger partial charge is 0.425 e. The number of amidine groups is 1. The maximum Gasteiger partial charge on any atom is 0.425 e. The van der Waals surface area contributed by atoms with Crippen LogP contribution in [0.25, 0.3) is 0 Å². The van der Waals surface area contributed by atoms with Gasteiger partial charge in [-0.3, -0.25) is 14.9 Å². The van der Waals surface area contributed by atoms with Crippen LogP contribution in [-0.2, 0) is 40.6 Å². The number of nitrogens with zero attached hydrogens (tertiary/aromatic N) is 2. The summed E-state index contributed by atoms with van der Waals surface area (Å²) in [7, 11) is -4.98. The minimum absolute atomic E-state index is 0.0829. The van der Waals surface area contributed by atoms with E-state index in [2.05, 4.69) is 10.3 Å².